The third kappa shape index (κ3) is 4.80. The van der Waals surface area contributed by atoms with E-state index < -0.39 is 5.54 Å². The van der Waals surface area contributed by atoms with Crippen molar-refractivity contribution in [2.24, 2.45) is 0 Å². The molecule has 1 unspecified atom stereocenters. The second kappa shape index (κ2) is 9.54. The van der Waals surface area contributed by atoms with Gasteiger partial charge in [-0.3, -0.25) is 14.4 Å². The second-order valence-electron chi connectivity index (χ2n) is 10.1. The highest BCUT2D eigenvalue weighted by molar-refractivity contribution is 9.10. The molecule has 3 aromatic rings. The average molecular weight is 548 g/mol. The Morgan fingerprint density at radius 1 is 0.889 bits per heavy atom. The molecule has 2 N–H and O–H groups in total. The van der Waals surface area contributed by atoms with Crippen LogP contribution in [0.5, 0.6) is 0 Å². The highest BCUT2D eigenvalue weighted by Crippen LogP contribution is 2.51. The summed E-state index contributed by atoms with van der Waals surface area (Å²) in [6.45, 7) is 9.36. The van der Waals surface area contributed by atoms with Crippen molar-refractivity contribution in [3.63, 3.8) is 0 Å². The van der Waals surface area contributed by atoms with Crippen LogP contribution in [0.3, 0.4) is 0 Å². The molecule has 0 saturated heterocycles. The van der Waals surface area contributed by atoms with E-state index in [2.05, 4.69) is 59.5 Å². The van der Waals surface area contributed by atoms with Crippen LogP contribution in [0.15, 0.2) is 71.2 Å². The van der Waals surface area contributed by atoms with Gasteiger partial charge in [-0.25, -0.2) is 0 Å². The van der Waals surface area contributed by atoms with E-state index in [9.17, 15) is 14.4 Å². The van der Waals surface area contributed by atoms with Gasteiger partial charge in [-0.1, -0.05) is 53.2 Å². The van der Waals surface area contributed by atoms with E-state index in [4.69, 9.17) is 0 Å². The van der Waals surface area contributed by atoms with E-state index in [0.29, 0.717) is 23.4 Å². The fraction of sp³-hybridized carbons (Fsp3) is 0.276. The number of carbonyl (C=O) groups is 3. The van der Waals surface area contributed by atoms with E-state index >= 15 is 0 Å². The predicted molar refractivity (Wildman–Crippen MR) is 148 cm³/mol. The minimum Gasteiger partial charge on any atom is -0.326 e. The topological polar surface area (TPSA) is 78.5 Å². The van der Waals surface area contributed by atoms with Crippen molar-refractivity contribution in [1.29, 1.82) is 0 Å². The molecule has 0 saturated carbocycles. The number of anilines is 3. The van der Waals surface area contributed by atoms with E-state index in [1.165, 1.54) is 6.92 Å². The highest BCUT2D eigenvalue weighted by atomic mass is 79.9. The van der Waals surface area contributed by atoms with Crippen molar-refractivity contribution in [1.82, 2.24) is 0 Å². The van der Waals surface area contributed by atoms with Gasteiger partial charge in [0.15, 0.2) is 0 Å². The summed E-state index contributed by atoms with van der Waals surface area (Å²) >= 11 is 3.41. The van der Waals surface area contributed by atoms with Crippen molar-refractivity contribution < 1.29 is 14.4 Å². The van der Waals surface area contributed by atoms with Crippen molar-refractivity contribution in [3.8, 4) is 0 Å². The van der Waals surface area contributed by atoms with Gasteiger partial charge in [0.25, 0.3) is 5.91 Å². The summed E-state index contributed by atoms with van der Waals surface area (Å²) in [7, 11) is 0. The fourth-order valence-electron chi connectivity index (χ4n) is 5.48. The SMILES string of the molecule is CC(=O)Nc1ccc(Br)cc1C(=O)Nc1ccc2c(c1)C(C)(c1ccccc1)CC(C)(C)N2C(C)=O. The van der Waals surface area contributed by atoms with E-state index in [0.717, 1.165) is 21.3 Å². The Morgan fingerprint density at radius 3 is 2.22 bits per heavy atom. The van der Waals surface area contributed by atoms with Crippen LogP contribution >= 0.6 is 15.9 Å². The smallest absolute Gasteiger partial charge is 0.257 e. The van der Waals surface area contributed by atoms with Crippen LogP contribution in [0.4, 0.5) is 17.1 Å². The number of benzene rings is 3. The molecule has 0 radical (unpaired) electrons. The molecule has 3 amide bonds. The normalized spacial score (nSPS) is 18.2. The number of nitrogens with one attached hydrogen (secondary N) is 2. The third-order valence-electron chi connectivity index (χ3n) is 6.74. The second-order valence-corrected chi connectivity index (χ2v) is 11.0. The molecule has 4 rings (SSSR count). The number of fused-ring (bicyclic) bond motifs is 1. The Labute approximate surface area is 220 Å². The van der Waals surface area contributed by atoms with Crippen LogP contribution in [-0.2, 0) is 15.0 Å². The van der Waals surface area contributed by atoms with Gasteiger partial charge < -0.3 is 15.5 Å². The maximum Gasteiger partial charge on any atom is 0.257 e. The van der Waals surface area contributed by atoms with Crippen molar-refractivity contribution >= 4 is 50.7 Å². The minimum absolute atomic E-state index is 0.0257. The molecule has 0 fully saturated rings. The van der Waals surface area contributed by atoms with Crippen molar-refractivity contribution in [2.75, 3.05) is 15.5 Å². The van der Waals surface area contributed by atoms with Gasteiger partial charge in [-0.05, 0) is 67.8 Å². The van der Waals surface area contributed by atoms with E-state index in [-0.39, 0.29) is 23.1 Å². The van der Waals surface area contributed by atoms with E-state index in [1.54, 1.807) is 25.1 Å². The number of amides is 3. The quantitative estimate of drug-likeness (QED) is 0.391. The lowest BCUT2D eigenvalue weighted by molar-refractivity contribution is -0.118. The Bertz CT molecular complexity index is 1350. The van der Waals surface area contributed by atoms with Crippen LogP contribution in [0, 0.1) is 0 Å². The maximum absolute atomic E-state index is 13.3. The van der Waals surface area contributed by atoms with Crippen LogP contribution in [0.1, 0.15) is 62.5 Å². The number of carbonyl (C=O) groups excluding carboxylic acids is 3. The fourth-order valence-corrected chi connectivity index (χ4v) is 5.84. The highest BCUT2D eigenvalue weighted by Gasteiger charge is 2.47. The summed E-state index contributed by atoms with van der Waals surface area (Å²) in [5.74, 6) is -0.631. The molecule has 1 aliphatic heterocycles. The summed E-state index contributed by atoms with van der Waals surface area (Å²) in [5, 5.41) is 5.70. The summed E-state index contributed by atoms with van der Waals surface area (Å²) < 4.78 is 0.725. The molecule has 1 aliphatic rings. The first kappa shape index (κ1) is 25.6. The lowest BCUT2D eigenvalue weighted by Crippen LogP contribution is -2.55. The van der Waals surface area contributed by atoms with Crippen molar-refractivity contribution in [2.45, 2.75) is 52.0 Å². The summed E-state index contributed by atoms with van der Waals surface area (Å²) in [6.07, 6.45) is 0.715. The lowest BCUT2D eigenvalue weighted by atomic mass is 9.65. The van der Waals surface area contributed by atoms with E-state index in [1.807, 2.05) is 41.3 Å². The first-order chi connectivity index (χ1) is 16.9. The zero-order chi connectivity index (χ0) is 26.3. The van der Waals surface area contributed by atoms with Gasteiger partial charge in [0.2, 0.25) is 11.8 Å². The van der Waals surface area contributed by atoms with Crippen molar-refractivity contribution in [3.05, 3.63) is 87.9 Å². The first-order valence-electron chi connectivity index (χ1n) is 11.8. The zero-order valence-corrected chi connectivity index (χ0v) is 22.7. The average Bonchev–Trinajstić information content (AvgIpc) is 2.80. The van der Waals surface area contributed by atoms with Crippen LogP contribution in [0.25, 0.3) is 0 Å². The predicted octanol–water partition coefficient (Wildman–Crippen LogP) is 6.50. The summed E-state index contributed by atoms with van der Waals surface area (Å²) in [5.41, 5.74) is 3.54. The third-order valence-corrected chi connectivity index (χ3v) is 7.24. The molecule has 1 atom stereocenters. The van der Waals surface area contributed by atoms with Crippen LogP contribution < -0.4 is 15.5 Å². The molecule has 0 spiro atoms. The molecule has 1 heterocycles. The Morgan fingerprint density at radius 2 is 1.58 bits per heavy atom. The molecule has 0 aromatic heterocycles. The standard InChI is InChI=1S/C29H30BrN3O3/c1-18(34)31-25-13-11-21(30)15-23(25)27(36)32-22-12-14-26-24(16-22)29(5,20-9-7-6-8-10-20)17-28(3,4)33(26)19(2)35/h6-16H,17H2,1-5H3,(H,31,34)(H,32,36). The molecule has 186 valence electrons. The Kier molecular flexibility index (Phi) is 6.80. The van der Waals surface area contributed by atoms with Crippen LogP contribution in [-0.4, -0.2) is 23.3 Å². The first-order valence-corrected chi connectivity index (χ1v) is 12.6. The van der Waals surface area contributed by atoms with Gasteiger partial charge in [0, 0.05) is 40.6 Å². The molecule has 0 aliphatic carbocycles. The molecular formula is C29H30BrN3O3. The minimum atomic E-state index is -0.405. The number of nitrogens with zero attached hydrogens (tertiary/aromatic N) is 1. The Balaban J connectivity index is 1.80. The summed E-state index contributed by atoms with van der Waals surface area (Å²) in [6, 6.07) is 21.1. The van der Waals surface area contributed by atoms with Gasteiger partial charge in [0.05, 0.1) is 11.3 Å². The van der Waals surface area contributed by atoms with Gasteiger partial charge in [-0.15, -0.1) is 0 Å². The summed E-state index contributed by atoms with van der Waals surface area (Å²) in [4.78, 5) is 39.5. The molecular weight excluding hydrogens is 518 g/mol. The molecule has 0 bridgehead atoms. The number of halogens is 1. The molecule has 6 nitrogen and oxygen atoms in total. The molecule has 36 heavy (non-hydrogen) atoms. The van der Waals surface area contributed by atoms with Gasteiger partial charge >= 0.3 is 0 Å². The number of hydrogen-bond acceptors (Lipinski definition) is 3. The molecule has 7 heteroatoms. The van der Waals surface area contributed by atoms with Gasteiger partial charge in [-0.2, -0.15) is 0 Å². The lowest BCUT2D eigenvalue weighted by Gasteiger charge is -2.51. The molecule has 3 aromatic carbocycles. The number of rotatable bonds is 4. The number of hydrogen-bond donors (Lipinski definition) is 2. The maximum atomic E-state index is 13.3. The van der Waals surface area contributed by atoms with Gasteiger partial charge in [0.1, 0.15) is 0 Å². The monoisotopic (exact) mass is 547 g/mol. The zero-order valence-electron chi connectivity index (χ0n) is 21.1. The largest absolute Gasteiger partial charge is 0.326 e. The Hall–Kier alpha value is -3.45. The van der Waals surface area contributed by atoms with Crippen LogP contribution in [0.2, 0.25) is 0 Å².